The fraction of sp³-hybridized carbons (Fsp3) is 0.444. The fourth-order valence-corrected chi connectivity index (χ4v) is 5.73. The maximum Gasteiger partial charge on any atom is 0.253 e. The van der Waals surface area contributed by atoms with E-state index in [1.54, 1.807) is 0 Å². The molecule has 2 amide bonds. The Morgan fingerprint density at radius 2 is 1.86 bits per heavy atom. The van der Waals surface area contributed by atoms with Gasteiger partial charge in [-0.2, -0.15) is 0 Å². The monoisotopic (exact) mass is 615 g/mol. The van der Waals surface area contributed by atoms with E-state index in [-0.39, 0.29) is 23.9 Å². The summed E-state index contributed by atoms with van der Waals surface area (Å²) < 4.78 is 2.13. The molecule has 0 spiro atoms. The standard InChI is InChI=1S/C36H49N5O2S/c1-9-25(6)17-18-27(11-3)29(12-4)30-15-14-16-31(38-30)32-24-44-35(39-32)40-33(42)22-37-34(43)28-19-20-41(23-28)36(8,13-5)21-26(7)10-2/h12,14-20,23-26H,4,9-11,13,21-22H2,1-3,5-8H3,(H,37,43)(H,39,40,42)/b18-17-,29-27+. The van der Waals surface area contributed by atoms with Crippen LogP contribution in [-0.2, 0) is 10.3 Å². The normalized spacial score (nSPS) is 14.9. The van der Waals surface area contributed by atoms with Gasteiger partial charge < -0.3 is 15.2 Å². The Labute approximate surface area is 267 Å². The summed E-state index contributed by atoms with van der Waals surface area (Å²) in [6.45, 7) is 19.3. The van der Waals surface area contributed by atoms with Crippen LogP contribution < -0.4 is 10.6 Å². The predicted molar refractivity (Wildman–Crippen MR) is 185 cm³/mol. The second-order valence-electron chi connectivity index (χ2n) is 11.8. The summed E-state index contributed by atoms with van der Waals surface area (Å²) in [4.78, 5) is 35.0. The first-order valence-electron chi connectivity index (χ1n) is 15.8. The predicted octanol–water partition coefficient (Wildman–Crippen LogP) is 8.89. The van der Waals surface area contributed by atoms with Crippen LogP contribution in [0.2, 0.25) is 0 Å². The largest absolute Gasteiger partial charge is 0.348 e. The maximum atomic E-state index is 12.8. The topological polar surface area (TPSA) is 88.9 Å². The Balaban J connectivity index is 1.65. The van der Waals surface area contributed by atoms with Gasteiger partial charge in [-0.05, 0) is 61.8 Å². The minimum atomic E-state index is -0.340. The summed E-state index contributed by atoms with van der Waals surface area (Å²) in [6.07, 6.45) is 15.2. The van der Waals surface area contributed by atoms with Gasteiger partial charge in [-0.1, -0.05) is 85.3 Å². The minimum absolute atomic E-state index is 0.0610. The molecule has 0 radical (unpaired) electrons. The van der Waals surface area contributed by atoms with Crippen molar-refractivity contribution in [1.82, 2.24) is 19.9 Å². The van der Waals surface area contributed by atoms with Gasteiger partial charge in [0.15, 0.2) is 5.13 Å². The van der Waals surface area contributed by atoms with E-state index in [4.69, 9.17) is 4.98 Å². The SMILES string of the molecule is C=C/C(=C(\C=C/C(C)CC)CC)c1cccc(-c2csc(NC(=O)CNC(=O)c3ccn(C(C)(CC)CC(C)CC)c3)n2)n1. The molecule has 7 nitrogen and oxygen atoms in total. The molecule has 0 aliphatic carbocycles. The zero-order chi connectivity index (χ0) is 32.3. The molecule has 3 heterocycles. The summed E-state index contributed by atoms with van der Waals surface area (Å²) in [7, 11) is 0. The summed E-state index contributed by atoms with van der Waals surface area (Å²) in [5.41, 5.74) is 4.87. The fourth-order valence-electron chi connectivity index (χ4n) is 5.01. The molecule has 0 aromatic carbocycles. The first-order chi connectivity index (χ1) is 21.1. The van der Waals surface area contributed by atoms with Crippen LogP contribution in [0.25, 0.3) is 17.0 Å². The molecule has 3 rings (SSSR count). The third-order valence-electron chi connectivity index (χ3n) is 8.47. The van der Waals surface area contributed by atoms with Crippen LogP contribution >= 0.6 is 11.3 Å². The van der Waals surface area contributed by atoms with Gasteiger partial charge in [0, 0.05) is 28.9 Å². The van der Waals surface area contributed by atoms with E-state index >= 15 is 0 Å². The molecule has 44 heavy (non-hydrogen) atoms. The van der Waals surface area contributed by atoms with Crippen LogP contribution in [0.5, 0.6) is 0 Å². The number of anilines is 1. The molecule has 0 fully saturated rings. The molecule has 0 saturated carbocycles. The van der Waals surface area contributed by atoms with Gasteiger partial charge in [0.1, 0.15) is 5.69 Å². The number of hydrogen-bond acceptors (Lipinski definition) is 5. The van der Waals surface area contributed by atoms with Crippen LogP contribution in [-0.4, -0.2) is 32.9 Å². The number of carbonyl (C=O) groups is 2. The third kappa shape index (κ3) is 9.11. The number of carbonyl (C=O) groups excluding carboxylic acids is 2. The van der Waals surface area contributed by atoms with Crippen molar-refractivity contribution in [3.05, 3.63) is 83.7 Å². The Bertz CT molecular complexity index is 1480. The second kappa shape index (κ2) is 16.3. The Kier molecular flexibility index (Phi) is 12.9. The van der Waals surface area contributed by atoms with Crippen molar-refractivity contribution < 1.29 is 9.59 Å². The Morgan fingerprint density at radius 3 is 2.52 bits per heavy atom. The third-order valence-corrected chi connectivity index (χ3v) is 9.23. The van der Waals surface area contributed by atoms with Crippen molar-refractivity contribution in [3.8, 4) is 11.4 Å². The summed E-state index contributed by atoms with van der Waals surface area (Å²) in [5.74, 6) is 0.472. The number of hydrogen-bond donors (Lipinski definition) is 2. The Hall–Kier alpha value is -3.78. The van der Waals surface area contributed by atoms with Gasteiger partial charge in [0.2, 0.25) is 5.91 Å². The van der Waals surface area contributed by atoms with Gasteiger partial charge in [-0.3, -0.25) is 9.59 Å². The lowest BCUT2D eigenvalue weighted by Crippen LogP contribution is -2.33. The first kappa shape index (κ1) is 34.7. The van der Waals surface area contributed by atoms with E-state index in [0.29, 0.717) is 33.9 Å². The number of nitrogens with zero attached hydrogens (tertiary/aromatic N) is 3. The van der Waals surface area contributed by atoms with Crippen LogP contribution in [0.1, 0.15) is 96.6 Å². The number of thiazole rings is 1. The number of nitrogens with one attached hydrogen (secondary N) is 2. The minimum Gasteiger partial charge on any atom is -0.348 e. The molecule has 0 saturated heterocycles. The number of pyridine rings is 1. The Morgan fingerprint density at radius 1 is 1.09 bits per heavy atom. The van der Waals surface area contributed by atoms with Gasteiger partial charge in [-0.25, -0.2) is 9.97 Å². The summed E-state index contributed by atoms with van der Waals surface area (Å²) >= 11 is 1.32. The van der Waals surface area contributed by atoms with E-state index in [0.717, 1.165) is 43.4 Å². The molecule has 8 heteroatoms. The smallest absolute Gasteiger partial charge is 0.253 e. The van der Waals surface area contributed by atoms with Crippen LogP contribution in [0, 0.1) is 11.8 Å². The summed E-state index contributed by atoms with van der Waals surface area (Å²) in [5, 5.41) is 7.86. The van der Waals surface area contributed by atoms with Crippen LogP contribution in [0.3, 0.4) is 0 Å². The highest BCUT2D eigenvalue weighted by atomic mass is 32.1. The van der Waals surface area contributed by atoms with E-state index in [2.05, 4.69) is 87.4 Å². The van der Waals surface area contributed by atoms with Crippen molar-refractivity contribution in [1.29, 1.82) is 0 Å². The molecule has 3 unspecified atom stereocenters. The molecule has 0 aliphatic rings. The average Bonchev–Trinajstić information content (AvgIpc) is 3.72. The lowest BCUT2D eigenvalue weighted by atomic mass is 9.86. The molecule has 2 N–H and O–H groups in total. The highest BCUT2D eigenvalue weighted by Gasteiger charge is 2.26. The zero-order valence-electron chi connectivity index (χ0n) is 27.4. The van der Waals surface area contributed by atoms with Crippen molar-refractivity contribution in [3.63, 3.8) is 0 Å². The van der Waals surface area contributed by atoms with Gasteiger partial charge in [0.05, 0.1) is 23.5 Å². The molecule has 0 bridgehead atoms. The van der Waals surface area contributed by atoms with Crippen molar-refractivity contribution >= 4 is 33.9 Å². The van der Waals surface area contributed by atoms with E-state index in [1.165, 1.54) is 16.9 Å². The average molecular weight is 616 g/mol. The first-order valence-corrected chi connectivity index (χ1v) is 16.7. The lowest BCUT2D eigenvalue weighted by Gasteiger charge is -2.33. The molecule has 3 atom stereocenters. The highest BCUT2D eigenvalue weighted by molar-refractivity contribution is 7.14. The number of amides is 2. The molecule has 3 aromatic heterocycles. The molecular weight excluding hydrogens is 566 g/mol. The van der Waals surface area contributed by atoms with Gasteiger partial charge >= 0.3 is 0 Å². The number of rotatable bonds is 16. The van der Waals surface area contributed by atoms with E-state index in [1.807, 2.05) is 48.1 Å². The summed E-state index contributed by atoms with van der Waals surface area (Å²) in [6, 6.07) is 7.66. The highest BCUT2D eigenvalue weighted by Crippen LogP contribution is 2.31. The van der Waals surface area contributed by atoms with E-state index < -0.39 is 0 Å². The van der Waals surface area contributed by atoms with Crippen molar-refractivity contribution in [2.45, 2.75) is 86.1 Å². The molecule has 236 valence electrons. The van der Waals surface area contributed by atoms with Crippen LogP contribution in [0.15, 0.2) is 72.4 Å². The van der Waals surface area contributed by atoms with Crippen LogP contribution in [0.4, 0.5) is 5.13 Å². The van der Waals surface area contributed by atoms with Gasteiger partial charge in [-0.15, -0.1) is 11.3 Å². The molecular formula is C36H49N5O2S. The van der Waals surface area contributed by atoms with Crippen molar-refractivity contribution in [2.75, 3.05) is 11.9 Å². The maximum absolute atomic E-state index is 12.8. The number of aromatic nitrogens is 3. The van der Waals surface area contributed by atoms with Crippen molar-refractivity contribution in [2.24, 2.45) is 11.8 Å². The molecule has 3 aromatic rings. The zero-order valence-corrected chi connectivity index (χ0v) is 28.3. The van der Waals surface area contributed by atoms with Gasteiger partial charge in [0.25, 0.3) is 5.91 Å². The molecule has 0 aliphatic heterocycles. The number of allylic oxidation sites excluding steroid dienone is 5. The quantitative estimate of drug-likeness (QED) is 0.158. The second-order valence-corrected chi connectivity index (χ2v) is 12.7. The lowest BCUT2D eigenvalue weighted by molar-refractivity contribution is -0.115. The van der Waals surface area contributed by atoms with E-state index in [9.17, 15) is 9.59 Å².